The Labute approximate surface area is 119 Å². The number of hydrogen-bond acceptors (Lipinski definition) is 3. The highest BCUT2D eigenvalue weighted by Crippen LogP contribution is 2.18. The van der Waals surface area contributed by atoms with Gasteiger partial charge in [0.2, 0.25) is 10.0 Å². The lowest BCUT2D eigenvalue weighted by atomic mass is 10.2. The zero-order chi connectivity index (χ0) is 14.9. The smallest absolute Gasteiger partial charge is 0.241 e. The van der Waals surface area contributed by atoms with Crippen LogP contribution < -0.4 is 4.72 Å². The van der Waals surface area contributed by atoms with E-state index in [1.54, 1.807) is 13.0 Å². The molecule has 0 radical (unpaired) electrons. The Bertz CT molecular complexity index is 730. The SMILES string of the molecule is Cc1ccc(C)c(S(=O)(=O)NCc2cc(C)oc2C)c1. The molecule has 0 aliphatic carbocycles. The summed E-state index contributed by atoms with van der Waals surface area (Å²) < 4.78 is 32.7. The van der Waals surface area contributed by atoms with Crippen LogP contribution in [0, 0.1) is 27.7 Å². The van der Waals surface area contributed by atoms with Crippen LogP contribution in [0.4, 0.5) is 0 Å². The fourth-order valence-corrected chi connectivity index (χ4v) is 3.44. The van der Waals surface area contributed by atoms with E-state index in [4.69, 9.17) is 4.42 Å². The van der Waals surface area contributed by atoms with Crippen molar-refractivity contribution in [2.24, 2.45) is 0 Å². The van der Waals surface area contributed by atoms with E-state index >= 15 is 0 Å². The molecule has 0 unspecified atom stereocenters. The van der Waals surface area contributed by atoms with Crippen molar-refractivity contribution < 1.29 is 12.8 Å². The highest BCUT2D eigenvalue weighted by molar-refractivity contribution is 7.89. The Morgan fingerprint density at radius 1 is 1.10 bits per heavy atom. The zero-order valence-electron chi connectivity index (χ0n) is 12.1. The number of hydrogen-bond donors (Lipinski definition) is 1. The number of sulfonamides is 1. The van der Waals surface area contributed by atoms with E-state index in [9.17, 15) is 8.42 Å². The monoisotopic (exact) mass is 293 g/mol. The van der Waals surface area contributed by atoms with Gasteiger partial charge in [0.15, 0.2) is 0 Å². The van der Waals surface area contributed by atoms with Crippen LogP contribution in [-0.4, -0.2) is 8.42 Å². The molecule has 0 bridgehead atoms. The van der Waals surface area contributed by atoms with Gasteiger partial charge in [-0.2, -0.15) is 0 Å². The summed E-state index contributed by atoms with van der Waals surface area (Å²) in [7, 11) is -3.51. The summed E-state index contributed by atoms with van der Waals surface area (Å²) in [6.45, 7) is 7.58. The third kappa shape index (κ3) is 3.11. The molecule has 0 amide bonds. The van der Waals surface area contributed by atoms with E-state index in [2.05, 4.69) is 4.72 Å². The third-order valence-electron chi connectivity index (χ3n) is 3.23. The Morgan fingerprint density at radius 3 is 2.40 bits per heavy atom. The molecular weight excluding hydrogens is 274 g/mol. The summed E-state index contributed by atoms with van der Waals surface area (Å²) in [6, 6.07) is 7.25. The molecule has 0 atom stereocenters. The van der Waals surface area contributed by atoms with Crippen LogP contribution in [0.15, 0.2) is 33.6 Å². The van der Waals surface area contributed by atoms with Crippen LogP contribution in [-0.2, 0) is 16.6 Å². The van der Waals surface area contributed by atoms with Gasteiger partial charge in [-0.15, -0.1) is 0 Å². The van der Waals surface area contributed by atoms with Crippen molar-refractivity contribution in [3.63, 3.8) is 0 Å². The highest BCUT2D eigenvalue weighted by Gasteiger charge is 2.17. The van der Waals surface area contributed by atoms with Crippen LogP contribution in [0.25, 0.3) is 0 Å². The number of nitrogens with one attached hydrogen (secondary N) is 1. The standard InChI is InChI=1S/C15H19NO3S/c1-10-5-6-11(2)15(7-10)20(17,18)16-9-14-8-12(3)19-13(14)4/h5-8,16H,9H2,1-4H3. The second kappa shape index (κ2) is 5.42. The van der Waals surface area contributed by atoms with Gasteiger partial charge in [0.25, 0.3) is 0 Å². The molecule has 5 heteroatoms. The van der Waals surface area contributed by atoms with Gasteiger partial charge in [-0.25, -0.2) is 13.1 Å². The minimum absolute atomic E-state index is 0.235. The van der Waals surface area contributed by atoms with Crippen LogP contribution in [0.3, 0.4) is 0 Å². The Balaban J connectivity index is 2.23. The van der Waals surface area contributed by atoms with Crippen molar-refractivity contribution in [3.05, 3.63) is 52.5 Å². The van der Waals surface area contributed by atoms with E-state index in [1.165, 1.54) is 0 Å². The predicted molar refractivity (Wildman–Crippen MR) is 78.1 cm³/mol. The second-order valence-electron chi connectivity index (χ2n) is 5.03. The first-order chi connectivity index (χ1) is 9.29. The van der Waals surface area contributed by atoms with Gasteiger partial charge in [-0.3, -0.25) is 0 Å². The van der Waals surface area contributed by atoms with Crippen molar-refractivity contribution in [3.8, 4) is 0 Å². The minimum Gasteiger partial charge on any atom is -0.466 e. The quantitative estimate of drug-likeness (QED) is 0.942. The van der Waals surface area contributed by atoms with Crippen molar-refractivity contribution in [1.29, 1.82) is 0 Å². The van der Waals surface area contributed by atoms with Crippen molar-refractivity contribution in [2.45, 2.75) is 39.1 Å². The fraction of sp³-hybridized carbons (Fsp3) is 0.333. The van der Waals surface area contributed by atoms with Crippen LogP contribution in [0.1, 0.15) is 28.2 Å². The maximum absolute atomic E-state index is 12.4. The summed E-state index contributed by atoms with van der Waals surface area (Å²) in [6.07, 6.45) is 0. The number of rotatable bonds is 4. The van der Waals surface area contributed by atoms with Crippen LogP contribution in [0.2, 0.25) is 0 Å². The average molecular weight is 293 g/mol. The topological polar surface area (TPSA) is 59.3 Å². The molecule has 0 aliphatic rings. The van der Waals surface area contributed by atoms with Crippen LogP contribution >= 0.6 is 0 Å². The number of benzene rings is 1. The summed E-state index contributed by atoms with van der Waals surface area (Å²) in [4.78, 5) is 0.329. The Morgan fingerprint density at radius 2 is 1.80 bits per heavy atom. The van der Waals surface area contributed by atoms with E-state index in [-0.39, 0.29) is 6.54 Å². The summed E-state index contributed by atoms with van der Waals surface area (Å²) in [5, 5.41) is 0. The lowest BCUT2D eigenvalue weighted by Crippen LogP contribution is -2.24. The first kappa shape index (κ1) is 14.8. The zero-order valence-corrected chi connectivity index (χ0v) is 13.0. The van der Waals surface area contributed by atoms with Gasteiger partial charge in [-0.1, -0.05) is 12.1 Å². The molecule has 0 saturated carbocycles. The molecule has 2 aromatic rings. The fourth-order valence-electron chi connectivity index (χ4n) is 2.11. The molecule has 1 aromatic heterocycles. The molecule has 1 N–H and O–H groups in total. The Hall–Kier alpha value is -1.59. The maximum atomic E-state index is 12.4. The van der Waals surface area contributed by atoms with Gasteiger partial charge in [-0.05, 0) is 51.0 Å². The molecule has 2 rings (SSSR count). The highest BCUT2D eigenvalue weighted by atomic mass is 32.2. The first-order valence-electron chi connectivity index (χ1n) is 6.42. The van der Waals surface area contributed by atoms with E-state index in [1.807, 2.05) is 39.0 Å². The molecule has 108 valence electrons. The molecule has 20 heavy (non-hydrogen) atoms. The molecule has 1 aromatic carbocycles. The summed E-state index contributed by atoms with van der Waals surface area (Å²) in [5.41, 5.74) is 2.52. The van der Waals surface area contributed by atoms with E-state index in [0.717, 1.165) is 28.2 Å². The van der Waals surface area contributed by atoms with Crippen molar-refractivity contribution >= 4 is 10.0 Å². The predicted octanol–water partition coefficient (Wildman–Crippen LogP) is 2.99. The van der Waals surface area contributed by atoms with E-state index < -0.39 is 10.0 Å². The average Bonchev–Trinajstić information content (AvgIpc) is 2.68. The maximum Gasteiger partial charge on any atom is 0.241 e. The largest absolute Gasteiger partial charge is 0.466 e. The molecule has 0 spiro atoms. The molecular formula is C15H19NO3S. The van der Waals surface area contributed by atoms with Gasteiger partial charge in [0, 0.05) is 12.1 Å². The Kier molecular flexibility index (Phi) is 4.01. The minimum atomic E-state index is -3.51. The van der Waals surface area contributed by atoms with Crippen molar-refractivity contribution in [2.75, 3.05) is 0 Å². The van der Waals surface area contributed by atoms with Crippen LogP contribution in [0.5, 0.6) is 0 Å². The molecule has 0 saturated heterocycles. The number of aryl methyl sites for hydroxylation is 4. The number of furan rings is 1. The van der Waals surface area contributed by atoms with Gasteiger partial charge >= 0.3 is 0 Å². The van der Waals surface area contributed by atoms with Gasteiger partial charge in [0.1, 0.15) is 11.5 Å². The van der Waals surface area contributed by atoms with Gasteiger partial charge < -0.3 is 4.42 Å². The lowest BCUT2D eigenvalue weighted by Gasteiger charge is -2.09. The lowest BCUT2D eigenvalue weighted by molar-refractivity contribution is 0.500. The second-order valence-corrected chi connectivity index (χ2v) is 6.77. The third-order valence-corrected chi connectivity index (χ3v) is 4.77. The molecule has 1 heterocycles. The van der Waals surface area contributed by atoms with Gasteiger partial charge in [0.05, 0.1) is 4.90 Å². The first-order valence-corrected chi connectivity index (χ1v) is 7.91. The summed E-state index contributed by atoms with van der Waals surface area (Å²) >= 11 is 0. The normalized spacial score (nSPS) is 11.8. The molecule has 0 aliphatic heterocycles. The molecule has 0 fully saturated rings. The molecule has 4 nitrogen and oxygen atoms in total. The van der Waals surface area contributed by atoms with E-state index in [0.29, 0.717) is 4.90 Å². The van der Waals surface area contributed by atoms with Crippen molar-refractivity contribution in [1.82, 2.24) is 4.72 Å². The summed E-state index contributed by atoms with van der Waals surface area (Å²) in [5.74, 6) is 1.52.